The molecule has 2 N–H and O–H groups in total. The fourth-order valence-corrected chi connectivity index (χ4v) is 5.69. The van der Waals surface area contributed by atoms with Gasteiger partial charge in [0.25, 0.3) is 0 Å². The van der Waals surface area contributed by atoms with Gasteiger partial charge >= 0.3 is 11.9 Å². The maximum atomic E-state index is 14.6. The van der Waals surface area contributed by atoms with Crippen molar-refractivity contribution in [3.8, 4) is 5.88 Å². The van der Waals surface area contributed by atoms with Gasteiger partial charge < -0.3 is 14.6 Å². The number of hydrogen-bond donors (Lipinski definition) is 2. The number of aromatic nitrogens is 5. The van der Waals surface area contributed by atoms with Gasteiger partial charge in [0.05, 0.1) is 6.20 Å². The standard InChI is InChI=1S/C25H27F5N6O3/c26-18-3-1-2-17(22(18)27)15-5-4-14(23-33-32-19(36(23)12-15)11-25(28,29)30)10-21(38)34-8-6-16(7-9-34)35-13-20(37)31-24(35)39/h1-3,13-16,37H,4-12H2,(H,31,39)/t14-,15-/m1/s1. The van der Waals surface area contributed by atoms with E-state index in [4.69, 9.17) is 0 Å². The predicted octanol–water partition coefficient (Wildman–Crippen LogP) is 3.77. The van der Waals surface area contributed by atoms with E-state index in [1.54, 1.807) is 4.90 Å². The molecule has 1 saturated heterocycles. The van der Waals surface area contributed by atoms with Gasteiger partial charge in [0.1, 0.15) is 18.1 Å². The quantitative estimate of drug-likeness (QED) is 0.467. The van der Waals surface area contributed by atoms with Gasteiger partial charge in [-0.15, -0.1) is 10.2 Å². The molecule has 4 heterocycles. The molecule has 2 aliphatic rings. The third-order valence-electron chi connectivity index (χ3n) is 7.63. The van der Waals surface area contributed by atoms with E-state index in [2.05, 4.69) is 15.2 Å². The van der Waals surface area contributed by atoms with Crippen molar-refractivity contribution < 1.29 is 31.9 Å². The predicted molar refractivity (Wildman–Crippen MR) is 127 cm³/mol. The minimum absolute atomic E-state index is 0.0297. The van der Waals surface area contributed by atoms with Crippen LogP contribution in [0.2, 0.25) is 0 Å². The molecule has 1 fully saturated rings. The van der Waals surface area contributed by atoms with Crippen molar-refractivity contribution in [3.63, 3.8) is 0 Å². The number of aromatic amines is 1. The number of alkyl halides is 3. The van der Waals surface area contributed by atoms with Crippen molar-refractivity contribution in [2.24, 2.45) is 0 Å². The first kappa shape index (κ1) is 26.9. The maximum Gasteiger partial charge on any atom is 0.396 e. The molecule has 2 atom stereocenters. The third-order valence-corrected chi connectivity index (χ3v) is 7.63. The molecule has 1 aromatic carbocycles. The summed E-state index contributed by atoms with van der Waals surface area (Å²) in [6, 6.07) is 3.57. The first-order valence-corrected chi connectivity index (χ1v) is 12.7. The second-order valence-electron chi connectivity index (χ2n) is 10.2. The Labute approximate surface area is 219 Å². The molecule has 3 aromatic rings. The zero-order chi connectivity index (χ0) is 27.9. The number of nitrogens with zero attached hydrogens (tertiary/aromatic N) is 5. The summed E-state index contributed by atoms with van der Waals surface area (Å²) in [7, 11) is 0. The van der Waals surface area contributed by atoms with Gasteiger partial charge in [0, 0.05) is 43.9 Å². The number of amides is 1. The fourth-order valence-electron chi connectivity index (χ4n) is 5.69. The second-order valence-corrected chi connectivity index (χ2v) is 10.2. The number of carbonyl (C=O) groups excluding carboxylic acids is 1. The molecular formula is C25H27F5N6O3. The van der Waals surface area contributed by atoms with Gasteiger partial charge in [-0.1, -0.05) is 12.1 Å². The molecular weight excluding hydrogens is 527 g/mol. The Kier molecular flexibility index (Phi) is 7.21. The number of H-pyrrole nitrogens is 1. The molecule has 14 heteroatoms. The Balaban J connectivity index is 1.34. The molecule has 1 amide bonds. The van der Waals surface area contributed by atoms with E-state index >= 15 is 0 Å². The number of fused-ring (bicyclic) bond motifs is 1. The van der Waals surface area contributed by atoms with E-state index in [1.807, 2.05) is 0 Å². The van der Waals surface area contributed by atoms with E-state index in [-0.39, 0.29) is 48.0 Å². The first-order valence-electron chi connectivity index (χ1n) is 12.7. The van der Waals surface area contributed by atoms with Crippen LogP contribution in [-0.2, 0) is 17.8 Å². The van der Waals surface area contributed by atoms with Crippen LogP contribution in [0, 0.1) is 11.6 Å². The fraction of sp³-hybridized carbons (Fsp3) is 0.520. The largest absolute Gasteiger partial charge is 0.493 e. The monoisotopic (exact) mass is 554 g/mol. The zero-order valence-corrected chi connectivity index (χ0v) is 20.8. The molecule has 0 spiro atoms. The zero-order valence-electron chi connectivity index (χ0n) is 20.8. The van der Waals surface area contributed by atoms with Gasteiger partial charge in [0.2, 0.25) is 11.8 Å². The molecule has 5 rings (SSSR count). The lowest BCUT2D eigenvalue weighted by atomic mass is 9.89. The van der Waals surface area contributed by atoms with E-state index in [9.17, 15) is 36.6 Å². The normalized spacial score (nSPS) is 20.6. The van der Waals surface area contributed by atoms with E-state index in [1.165, 1.54) is 27.5 Å². The Bertz CT molecular complexity index is 1410. The second kappa shape index (κ2) is 10.5. The molecule has 39 heavy (non-hydrogen) atoms. The number of piperidine rings is 1. The Morgan fingerprint density at radius 3 is 2.51 bits per heavy atom. The number of carbonyl (C=O) groups is 1. The van der Waals surface area contributed by atoms with Crippen LogP contribution in [0.15, 0.2) is 29.2 Å². The van der Waals surface area contributed by atoms with Crippen LogP contribution < -0.4 is 5.69 Å². The number of aromatic hydroxyl groups is 1. The smallest absolute Gasteiger partial charge is 0.396 e. The summed E-state index contributed by atoms with van der Waals surface area (Å²) in [5.41, 5.74) is -0.373. The van der Waals surface area contributed by atoms with Crippen LogP contribution in [0.25, 0.3) is 0 Å². The van der Waals surface area contributed by atoms with Crippen LogP contribution >= 0.6 is 0 Å². The molecule has 210 valence electrons. The van der Waals surface area contributed by atoms with Crippen LogP contribution in [0.3, 0.4) is 0 Å². The van der Waals surface area contributed by atoms with E-state index < -0.39 is 41.8 Å². The molecule has 2 aliphatic heterocycles. The molecule has 0 bridgehead atoms. The third kappa shape index (κ3) is 5.69. The Hall–Kier alpha value is -3.71. The lowest BCUT2D eigenvalue weighted by Gasteiger charge is -2.33. The minimum Gasteiger partial charge on any atom is -0.493 e. The van der Waals surface area contributed by atoms with Gasteiger partial charge in [-0.3, -0.25) is 14.3 Å². The number of benzene rings is 1. The summed E-state index contributed by atoms with van der Waals surface area (Å²) in [4.78, 5) is 29.2. The van der Waals surface area contributed by atoms with Gasteiger partial charge in [0.15, 0.2) is 11.6 Å². The number of rotatable bonds is 5. The summed E-state index contributed by atoms with van der Waals surface area (Å²) < 4.78 is 71.1. The summed E-state index contributed by atoms with van der Waals surface area (Å²) in [6.07, 6.45) is -2.98. The summed E-state index contributed by atoms with van der Waals surface area (Å²) in [6.45, 7) is 0.651. The summed E-state index contributed by atoms with van der Waals surface area (Å²) in [5, 5.41) is 17.3. The van der Waals surface area contributed by atoms with Crippen molar-refractivity contribution >= 4 is 5.91 Å². The Morgan fingerprint density at radius 2 is 1.85 bits per heavy atom. The minimum atomic E-state index is -4.55. The molecule has 0 unspecified atom stereocenters. The van der Waals surface area contributed by atoms with Crippen molar-refractivity contribution in [1.82, 2.24) is 29.2 Å². The lowest BCUT2D eigenvalue weighted by Crippen LogP contribution is -2.40. The highest BCUT2D eigenvalue weighted by molar-refractivity contribution is 5.77. The number of hydrogen-bond acceptors (Lipinski definition) is 5. The highest BCUT2D eigenvalue weighted by atomic mass is 19.4. The van der Waals surface area contributed by atoms with Crippen LogP contribution in [0.5, 0.6) is 5.88 Å². The molecule has 2 aromatic heterocycles. The summed E-state index contributed by atoms with van der Waals surface area (Å²) >= 11 is 0. The lowest BCUT2D eigenvalue weighted by molar-refractivity contribution is -0.133. The van der Waals surface area contributed by atoms with Crippen molar-refractivity contribution in [2.45, 2.75) is 69.1 Å². The number of likely N-dealkylation sites (tertiary alicyclic amines) is 1. The van der Waals surface area contributed by atoms with Gasteiger partial charge in [-0.25, -0.2) is 13.6 Å². The van der Waals surface area contributed by atoms with Crippen LogP contribution in [-0.4, -0.2) is 59.5 Å². The maximum absolute atomic E-state index is 14.6. The first-order chi connectivity index (χ1) is 18.5. The number of halogens is 5. The van der Waals surface area contributed by atoms with Crippen molar-refractivity contribution in [2.75, 3.05) is 13.1 Å². The SMILES string of the molecule is O=C(C[C@H]1CC[C@@H](c2cccc(F)c2F)Cn2c(CC(F)(F)F)nnc21)N1CCC(n2cc(O)[nH]c2=O)CC1. The Morgan fingerprint density at radius 1 is 1.10 bits per heavy atom. The topological polar surface area (TPSA) is 109 Å². The molecule has 0 aliphatic carbocycles. The van der Waals surface area contributed by atoms with Crippen LogP contribution in [0.4, 0.5) is 22.0 Å². The van der Waals surface area contributed by atoms with Crippen molar-refractivity contribution in [1.29, 1.82) is 0 Å². The summed E-state index contributed by atoms with van der Waals surface area (Å²) in [5.74, 6) is -3.83. The molecule has 9 nitrogen and oxygen atoms in total. The van der Waals surface area contributed by atoms with Crippen molar-refractivity contribution in [3.05, 3.63) is 63.7 Å². The van der Waals surface area contributed by atoms with E-state index in [0.29, 0.717) is 38.8 Å². The molecule has 0 radical (unpaired) electrons. The van der Waals surface area contributed by atoms with E-state index in [0.717, 1.165) is 6.07 Å². The van der Waals surface area contributed by atoms with Gasteiger partial charge in [-0.2, -0.15) is 13.2 Å². The average molecular weight is 555 g/mol. The average Bonchev–Trinajstić information content (AvgIpc) is 3.36. The van der Waals surface area contributed by atoms with Crippen LogP contribution in [0.1, 0.15) is 67.2 Å². The highest BCUT2D eigenvalue weighted by Gasteiger charge is 2.37. The number of imidazole rings is 1. The number of nitrogens with one attached hydrogen (secondary N) is 1. The molecule has 0 saturated carbocycles. The highest BCUT2D eigenvalue weighted by Crippen LogP contribution is 2.38. The van der Waals surface area contributed by atoms with Gasteiger partial charge in [-0.05, 0) is 37.3 Å².